The fourth-order valence-electron chi connectivity index (χ4n) is 3.20. The second kappa shape index (κ2) is 4.40. The lowest BCUT2D eigenvalue weighted by Crippen LogP contribution is -2.49. The molecule has 1 aromatic heterocycles. The molecule has 1 spiro atoms. The van der Waals surface area contributed by atoms with E-state index in [0.717, 1.165) is 38.3 Å². The predicted octanol–water partition coefficient (Wildman–Crippen LogP) is 1.65. The van der Waals surface area contributed by atoms with E-state index in [1.807, 2.05) is 17.2 Å². The minimum absolute atomic E-state index is 0.0477. The van der Waals surface area contributed by atoms with Crippen molar-refractivity contribution in [2.45, 2.75) is 31.2 Å². The molecule has 1 aromatic rings. The van der Waals surface area contributed by atoms with Crippen LogP contribution in [-0.4, -0.2) is 47.0 Å². The van der Waals surface area contributed by atoms with Gasteiger partial charge in [0.15, 0.2) is 0 Å². The Hall–Kier alpha value is -1.72. The zero-order valence-corrected chi connectivity index (χ0v) is 11.5. The second-order valence-corrected chi connectivity index (χ2v) is 6.21. The SMILES string of the molecule is O=C(OCC1CC1)N1CCC2(CC1)CNc1ccnn12. The number of fused-ring (bicyclic) bond motifs is 2. The van der Waals surface area contributed by atoms with Crippen LogP contribution in [0.4, 0.5) is 10.6 Å². The molecule has 108 valence electrons. The third kappa shape index (κ3) is 1.94. The van der Waals surface area contributed by atoms with Gasteiger partial charge in [0.25, 0.3) is 0 Å². The summed E-state index contributed by atoms with van der Waals surface area (Å²) in [7, 11) is 0. The molecule has 6 heteroatoms. The lowest BCUT2D eigenvalue weighted by molar-refractivity contribution is 0.0690. The Morgan fingerprint density at radius 2 is 2.25 bits per heavy atom. The molecule has 1 amide bonds. The van der Waals surface area contributed by atoms with Gasteiger partial charge in [0.1, 0.15) is 5.82 Å². The first-order valence-electron chi connectivity index (χ1n) is 7.47. The highest BCUT2D eigenvalue weighted by Crippen LogP contribution is 2.37. The number of hydrogen-bond donors (Lipinski definition) is 1. The van der Waals surface area contributed by atoms with Crippen molar-refractivity contribution in [1.82, 2.24) is 14.7 Å². The number of amides is 1. The molecule has 0 aromatic carbocycles. The molecule has 3 aliphatic rings. The quantitative estimate of drug-likeness (QED) is 0.892. The van der Waals surface area contributed by atoms with E-state index in [-0.39, 0.29) is 11.6 Å². The summed E-state index contributed by atoms with van der Waals surface area (Å²) in [6.07, 6.45) is 5.99. The van der Waals surface area contributed by atoms with Gasteiger partial charge in [-0.25, -0.2) is 9.48 Å². The number of likely N-dealkylation sites (tertiary alicyclic amines) is 1. The maximum Gasteiger partial charge on any atom is 0.409 e. The highest BCUT2D eigenvalue weighted by Gasteiger charge is 2.43. The van der Waals surface area contributed by atoms with Crippen LogP contribution in [0.3, 0.4) is 0 Å². The van der Waals surface area contributed by atoms with Crippen LogP contribution in [-0.2, 0) is 10.3 Å². The van der Waals surface area contributed by atoms with Crippen molar-refractivity contribution < 1.29 is 9.53 Å². The van der Waals surface area contributed by atoms with Crippen LogP contribution in [0.2, 0.25) is 0 Å². The monoisotopic (exact) mass is 276 g/mol. The normalized spacial score (nSPS) is 23.5. The fraction of sp³-hybridized carbons (Fsp3) is 0.714. The Bertz CT molecular complexity index is 515. The van der Waals surface area contributed by atoms with Crippen molar-refractivity contribution in [2.75, 3.05) is 31.6 Å². The number of anilines is 1. The van der Waals surface area contributed by atoms with E-state index in [1.165, 1.54) is 12.8 Å². The van der Waals surface area contributed by atoms with E-state index in [2.05, 4.69) is 15.1 Å². The molecule has 4 rings (SSSR count). The molecule has 2 aliphatic heterocycles. The molecule has 1 saturated heterocycles. The summed E-state index contributed by atoms with van der Waals surface area (Å²) in [5.41, 5.74) is 0.0477. The predicted molar refractivity (Wildman–Crippen MR) is 73.6 cm³/mol. The minimum Gasteiger partial charge on any atom is -0.449 e. The number of carbonyl (C=O) groups excluding carboxylic acids is 1. The third-order valence-electron chi connectivity index (χ3n) is 4.78. The molecule has 0 radical (unpaired) electrons. The second-order valence-electron chi connectivity index (χ2n) is 6.21. The summed E-state index contributed by atoms with van der Waals surface area (Å²) in [5.74, 6) is 1.72. The van der Waals surface area contributed by atoms with Crippen molar-refractivity contribution >= 4 is 11.9 Å². The smallest absolute Gasteiger partial charge is 0.409 e. The van der Waals surface area contributed by atoms with E-state index < -0.39 is 0 Å². The minimum atomic E-state index is -0.140. The Kier molecular flexibility index (Phi) is 2.65. The van der Waals surface area contributed by atoms with Gasteiger partial charge in [-0.1, -0.05) is 0 Å². The van der Waals surface area contributed by atoms with Gasteiger partial charge in [0, 0.05) is 25.7 Å². The van der Waals surface area contributed by atoms with Gasteiger partial charge in [-0.15, -0.1) is 0 Å². The number of piperidine rings is 1. The van der Waals surface area contributed by atoms with Gasteiger partial charge in [0.05, 0.1) is 18.3 Å². The van der Waals surface area contributed by atoms with Crippen LogP contribution < -0.4 is 5.32 Å². The topological polar surface area (TPSA) is 59.4 Å². The molecular formula is C14H20N4O2. The first-order valence-corrected chi connectivity index (χ1v) is 7.47. The van der Waals surface area contributed by atoms with Crippen LogP contribution in [0.25, 0.3) is 0 Å². The Morgan fingerprint density at radius 1 is 1.45 bits per heavy atom. The van der Waals surface area contributed by atoms with Gasteiger partial charge in [-0.05, 0) is 31.6 Å². The molecule has 1 N–H and O–H groups in total. The van der Waals surface area contributed by atoms with E-state index in [0.29, 0.717) is 12.5 Å². The van der Waals surface area contributed by atoms with E-state index in [1.54, 1.807) is 0 Å². The molecule has 1 aliphatic carbocycles. The molecular weight excluding hydrogens is 256 g/mol. The van der Waals surface area contributed by atoms with Crippen molar-refractivity contribution in [3.63, 3.8) is 0 Å². The maximum absolute atomic E-state index is 12.0. The van der Waals surface area contributed by atoms with Crippen LogP contribution in [0.15, 0.2) is 12.3 Å². The lowest BCUT2D eigenvalue weighted by Gasteiger charge is -2.38. The number of hydrogen-bond acceptors (Lipinski definition) is 4. The Balaban J connectivity index is 1.37. The highest BCUT2D eigenvalue weighted by atomic mass is 16.6. The number of ether oxygens (including phenoxy) is 1. The summed E-state index contributed by atoms with van der Waals surface area (Å²) in [6, 6.07) is 2.00. The first kappa shape index (κ1) is 12.1. The summed E-state index contributed by atoms with van der Waals surface area (Å²) in [6.45, 7) is 3.03. The van der Waals surface area contributed by atoms with Crippen molar-refractivity contribution in [2.24, 2.45) is 5.92 Å². The van der Waals surface area contributed by atoms with Gasteiger partial charge in [0.2, 0.25) is 0 Å². The molecule has 6 nitrogen and oxygen atoms in total. The number of carbonyl (C=O) groups is 1. The Morgan fingerprint density at radius 3 is 3.00 bits per heavy atom. The number of aromatic nitrogens is 2. The molecule has 2 fully saturated rings. The zero-order chi connectivity index (χ0) is 13.6. The number of rotatable bonds is 2. The molecule has 0 atom stereocenters. The average molecular weight is 276 g/mol. The first-order chi connectivity index (χ1) is 9.77. The largest absolute Gasteiger partial charge is 0.449 e. The third-order valence-corrected chi connectivity index (χ3v) is 4.78. The summed E-state index contributed by atoms with van der Waals surface area (Å²) >= 11 is 0. The van der Waals surface area contributed by atoms with E-state index in [9.17, 15) is 4.79 Å². The molecule has 1 saturated carbocycles. The maximum atomic E-state index is 12.0. The lowest BCUT2D eigenvalue weighted by atomic mass is 9.88. The zero-order valence-electron chi connectivity index (χ0n) is 11.5. The van der Waals surface area contributed by atoms with Crippen molar-refractivity contribution in [1.29, 1.82) is 0 Å². The number of nitrogens with zero attached hydrogens (tertiary/aromatic N) is 3. The summed E-state index contributed by atoms with van der Waals surface area (Å²) < 4.78 is 7.46. The van der Waals surface area contributed by atoms with Gasteiger partial charge in [-0.3, -0.25) is 0 Å². The van der Waals surface area contributed by atoms with Crippen molar-refractivity contribution in [3.8, 4) is 0 Å². The van der Waals surface area contributed by atoms with Crippen LogP contribution in [0.5, 0.6) is 0 Å². The molecule has 0 unspecified atom stereocenters. The van der Waals surface area contributed by atoms with Gasteiger partial charge < -0.3 is 15.0 Å². The fourth-order valence-corrected chi connectivity index (χ4v) is 3.20. The van der Waals surface area contributed by atoms with E-state index in [4.69, 9.17) is 4.74 Å². The standard InChI is InChI=1S/C14H20N4O2/c19-13(20-9-11-1-2-11)17-7-4-14(5-8-17)10-15-12-3-6-16-18(12)14/h3,6,11,15H,1-2,4-5,7-10H2. The average Bonchev–Trinajstić information content (AvgIpc) is 3.08. The summed E-state index contributed by atoms with van der Waals surface area (Å²) in [4.78, 5) is 13.8. The highest BCUT2D eigenvalue weighted by molar-refractivity contribution is 5.67. The van der Waals surface area contributed by atoms with Crippen LogP contribution in [0.1, 0.15) is 25.7 Å². The van der Waals surface area contributed by atoms with Gasteiger partial charge in [-0.2, -0.15) is 5.10 Å². The van der Waals surface area contributed by atoms with Crippen LogP contribution in [0, 0.1) is 5.92 Å². The van der Waals surface area contributed by atoms with E-state index >= 15 is 0 Å². The molecule has 0 bridgehead atoms. The molecule has 20 heavy (non-hydrogen) atoms. The number of nitrogens with one attached hydrogen (secondary N) is 1. The summed E-state index contributed by atoms with van der Waals surface area (Å²) in [5, 5.41) is 7.83. The van der Waals surface area contributed by atoms with Gasteiger partial charge >= 0.3 is 6.09 Å². The molecule has 3 heterocycles. The Labute approximate surface area is 118 Å². The van der Waals surface area contributed by atoms with Crippen LogP contribution >= 0.6 is 0 Å². The van der Waals surface area contributed by atoms with Crippen molar-refractivity contribution in [3.05, 3.63) is 12.3 Å².